The number of nitro benzene ring substituents is 1. The molecule has 1 aliphatic heterocycles. The Morgan fingerprint density at radius 3 is 2.58 bits per heavy atom. The molecule has 5 rings (SSSR count). The first-order chi connectivity index (χ1) is 16.1. The molecule has 0 bridgehead atoms. The van der Waals surface area contributed by atoms with Crippen LogP contribution in [0, 0.1) is 10.1 Å². The number of pyridine rings is 1. The van der Waals surface area contributed by atoms with Crippen molar-refractivity contribution in [3.05, 3.63) is 124 Å². The molecule has 1 fully saturated rings. The fraction of sp³-hybridized carbons (Fsp3) is 0.120. The maximum atomic E-state index is 11.4. The van der Waals surface area contributed by atoms with Gasteiger partial charge in [-0.3, -0.25) is 15.1 Å². The highest BCUT2D eigenvalue weighted by Crippen LogP contribution is 2.40. The molecule has 0 spiro atoms. The molecule has 8 heteroatoms. The van der Waals surface area contributed by atoms with Gasteiger partial charge in [0.25, 0.3) is 5.69 Å². The van der Waals surface area contributed by atoms with E-state index in [0.717, 1.165) is 22.6 Å². The molecule has 0 saturated carbocycles. The molecule has 0 unspecified atom stereocenters. The van der Waals surface area contributed by atoms with Gasteiger partial charge in [0.2, 0.25) is 0 Å². The van der Waals surface area contributed by atoms with Crippen LogP contribution in [0.15, 0.2) is 97.3 Å². The Morgan fingerprint density at radius 2 is 1.82 bits per heavy atom. The van der Waals surface area contributed by atoms with Gasteiger partial charge in [-0.2, -0.15) is 0 Å². The van der Waals surface area contributed by atoms with Crippen molar-refractivity contribution in [2.24, 2.45) is 0 Å². The second-order valence-corrected chi connectivity index (χ2v) is 8.21. The zero-order valence-corrected chi connectivity index (χ0v) is 18.4. The highest BCUT2D eigenvalue weighted by Gasteiger charge is 2.41. The smallest absolute Gasteiger partial charge is 0.271 e. The summed E-state index contributed by atoms with van der Waals surface area (Å²) in [5.41, 5.74) is 3.76. The number of hydrogen-bond donors (Lipinski definition) is 1. The highest BCUT2D eigenvalue weighted by molar-refractivity contribution is 7.80. The summed E-state index contributed by atoms with van der Waals surface area (Å²) in [6.07, 6.45) is 3.70. The van der Waals surface area contributed by atoms with Crippen molar-refractivity contribution in [2.75, 3.05) is 0 Å². The van der Waals surface area contributed by atoms with Crippen molar-refractivity contribution >= 4 is 23.0 Å². The predicted octanol–water partition coefficient (Wildman–Crippen LogP) is 4.95. The Bertz CT molecular complexity index is 1290. The fourth-order valence-electron chi connectivity index (χ4n) is 4.30. The maximum Gasteiger partial charge on any atom is 0.271 e. The molecule has 1 aliphatic rings. The SMILES string of the molecule is O=[N+]([O-])c1cccc(-n2cccc2[C@@H]2[C@@H](c3ccccn3)NC(=S)N2Cc2ccccc2)c1. The Labute approximate surface area is 196 Å². The largest absolute Gasteiger partial charge is 0.352 e. The maximum absolute atomic E-state index is 11.4. The topological polar surface area (TPSA) is 76.2 Å². The molecule has 0 amide bonds. The van der Waals surface area contributed by atoms with Crippen molar-refractivity contribution in [3.63, 3.8) is 0 Å². The Hall–Kier alpha value is -4.04. The third-order valence-electron chi connectivity index (χ3n) is 5.80. The van der Waals surface area contributed by atoms with Gasteiger partial charge in [-0.05, 0) is 48.1 Å². The quantitative estimate of drug-likeness (QED) is 0.252. The van der Waals surface area contributed by atoms with Gasteiger partial charge in [-0.25, -0.2) is 0 Å². The van der Waals surface area contributed by atoms with Gasteiger partial charge < -0.3 is 14.8 Å². The zero-order valence-electron chi connectivity index (χ0n) is 17.6. The van der Waals surface area contributed by atoms with Gasteiger partial charge in [0.15, 0.2) is 5.11 Å². The van der Waals surface area contributed by atoms with Crippen LogP contribution in [0.3, 0.4) is 0 Å². The van der Waals surface area contributed by atoms with E-state index in [2.05, 4.69) is 27.3 Å². The van der Waals surface area contributed by atoms with E-state index in [4.69, 9.17) is 12.2 Å². The van der Waals surface area contributed by atoms with Crippen molar-refractivity contribution in [2.45, 2.75) is 18.6 Å². The second-order valence-electron chi connectivity index (χ2n) is 7.82. The van der Waals surface area contributed by atoms with Crippen LogP contribution in [0.25, 0.3) is 5.69 Å². The van der Waals surface area contributed by atoms with Crippen LogP contribution in [-0.4, -0.2) is 24.5 Å². The zero-order chi connectivity index (χ0) is 22.8. The van der Waals surface area contributed by atoms with Crippen LogP contribution in [0.4, 0.5) is 5.69 Å². The van der Waals surface area contributed by atoms with Gasteiger partial charge in [0.1, 0.15) is 0 Å². The number of nitrogens with zero attached hydrogens (tertiary/aromatic N) is 4. The van der Waals surface area contributed by atoms with Crippen molar-refractivity contribution in [1.29, 1.82) is 0 Å². The average molecular weight is 456 g/mol. The van der Waals surface area contributed by atoms with Gasteiger partial charge in [-0.15, -0.1) is 0 Å². The molecule has 0 radical (unpaired) electrons. The van der Waals surface area contributed by atoms with Gasteiger partial charge in [-0.1, -0.05) is 42.5 Å². The van der Waals surface area contributed by atoms with Crippen LogP contribution >= 0.6 is 12.2 Å². The van der Waals surface area contributed by atoms with E-state index in [1.807, 2.05) is 65.4 Å². The molecule has 1 saturated heterocycles. The summed E-state index contributed by atoms with van der Waals surface area (Å²) < 4.78 is 1.99. The minimum Gasteiger partial charge on any atom is -0.352 e. The summed E-state index contributed by atoms with van der Waals surface area (Å²) in [6, 6.07) is 26.3. The first kappa shape index (κ1) is 20.8. The summed E-state index contributed by atoms with van der Waals surface area (Å²) in [6.45, 7) is 0.626. The van der Waals surface area contributed by atoms with Crippen molar-refractivity contribution in [3.8, 4) is 5.69 Å². The third-order valence-corrected chi connectivity index (χ3v) is 6.15. The van der Waals surface area contributed by atoms with Crippen molar-refractivity contribution < 1.29 is 4.92 Å². The minimum atomic E-state index is -0.378. The Morgan fingerprint density at radius 1 is 1.00 bits per heavy atom. The van der Waals surface area contributed by atoms with Gasteiger partial charge >= 0.3 is 0 Å². The van der Waals surface area contributed by atoms with Crippen LogP contribution in [0.1, 0.15) is 29.0 Å². The van der Waals surface area contributed by atoms with E-state index in [9.17, 15) is 10.1 Å². The van der Waals surface area contributed by atoms with E-state index in [1.165, 1.54) is 6.07 Å². The van der Waals surface area contributed by atoms with E-state index in [0.29, 0.717) is 11.7 Å². The predicted molar refractivity (Wildman–Crippen MR) is 130 cm³/mol. The molecule has 0 aliphatic carbocycles. The lowest BCUT2D eigenvalue weighted by Gasteiger charge is -2.29. The molecule has 2 aromatic carbocycles. The molecular formula is C25H21N5O2S. The number of rotatable bonds is 6. The van der Waals surface area contributed by atoms with Crippen LogP contribution in [-0.2, 0) is 6.54 Å². The normalized spacial score (nSPS) is 17.7. The Kier molecular flexibility index (Phi) is 5.58. The second kappa shape index (κ2) is 8.84. The lowest BCUT2D eigenvalue weighted by Crippen LogP contribution is -2.30. The van der Waals surface area contributed by atoms with Gasteiger partial charge in [0, 0.05) is 36.8 Å². The molecule has 2 atom stereocenters. The summed E-state index contributed by atoms with van der Waals surface area (Å²) in [7, 11) is 0. The summed E-state index contributed by atoms with van der Waals surface area (Å²) in [5.74, 6) is 0. The van der Waals surface area contributed by atoms with E-state index < -0.39 is 0 Å². The highest BCUT2D eigenvalue weighted by atomic mass is 32.1. The number of nitro groups is 1. The van der Waals surface area contributed by atoms with Gasteiger partial charge in [0.05, 0.1) is 28.4 Å². The number of aromatic nitrogens is 2. The molecule has 33 heavy (non-hydrogen) atoms. The van der Waals surface area contributed by atoms with Crippen LogP contribution < -0.4 is 5.32 Å². The molecule has 2 aromatic heterocycles. The lowest BCUT2D eigenvalue weighted by molar-refractivity contribution is -0.384. The summed E-state index contributed by atoms with van der Waals surface area (Å²) in [5, 5.41) is 15.5. The van der Waals surface area contributed by atoms with E-state index in [-0.39, 0.29) is 22.7 Å². The van der Waals surface area contributed by atoms with Crippen LogP contribution in [0.5, 0.6) is 0 Å². The number of thiocarbonyl (C=S) groups is 1. The molecule has 1 N–H and O–H groups in total. The number of nitrogens with one attached hydrogen (secondary N) is 1. The third kappa shape index (κ3) is 4.08. The van der Waals surface area contributed by atoms with Crippen LogP contribution in [0.2, 0.25) is 0 Å². The van der Waals surface area contributed by atoms with E-state index >= 15 is 0 Å². The summed E-state index contributed by atoms with van der Waals surface area (Å²) >= 11 is 5.77. The molecular weight excluding hydrogens is 434 g/mol. The number of non-ortho nitro benzene ring substituents is 1. The monoisotopic (exact) mass is 455 g/mol. The molecule has 164 valence electrons. The minimum absolute atomic E-state index is 0.0506. The number of hydrogen-bond acceptors (Lipinski definition) is 4. The molecule has 7 nitrogen and oxygen atoms in total. The standard InChI is InChI=1S/C25H21N5O2S/c31-30(32)20-11-6-10-19(16-20)28-15-7-13-22(28)24-23(21-12-4-5-14-26-21)27-25(33)29(24)17-18-8-2-1-3-9-18/h1-16,23-24H,17H2,(H,27,33)/t23-,24-/m1/s1. The lowest BCUT2D eigenvalue weighted by atomic mass is 10.0. The Balaban J connectivity index is 1.61. The first-order valence-corrected chi connectivity index (χ1v) is 11.0. The average Bonchev–Trinajstić information content (AvgIpc) is 3.45. The molecule has 3 heterocycles. The van der Waals surface area contributed by atoms with Crippen molar-refractivity contribution in [1.82, 2.24) is 19.8 Å². The summed E-state index contributed by atoms with van der Waals surface area (Å²) in [4.78, 5) is 17.7. The van der Waals surface area contributed by atoms with E-state index in [1.54, 1.807) is 18.3 Å². The fourth-order valence-corrected chi connectivity index (χ4v) is 4.61. The first-order valence-electron chi connectivity index (χ1n) is 10.6. The molecule has 4 aromatic rings. The number of benzene rings is 2.